The molecule has 2 aromatic carbocycles. The Bertz CT molecular complexity index is 646. The van der Waals surface area contributed by atoms with Gasteiger partial charge in [-0.1, -0.05) is 35.9 Å². The van der Waals surface area contributed by atoms with Crippen molar-refractivity contribution < 1.29 is 4.74 Å². The molecule has 20 heavy (non-hydrogen) atoms. The number of fused-ring (bicyclic) bond motifs is 1. The van der Waals surface area contributed by atoms with Gasteiger partial charge in [-0.05, 0) is 45.4 Å². The molecule has 1 aliphatic heterocycles. The quantitative estimate of drug-likeness (QED) is 0.856. The maximum absolute atomic E-state index is 6.08. The van der Waals surface area contributed by atoms with E-state index in [9.17, 15) is 0 Å². The van der Waals surface area contributed by atoms with Gasteiger partial charge in [0.1, 0.15) is 11.4 Å². The van der Waals surface area contributed by atoms with Crippen molar-refractivity contribution in [3.63, 3.8) is 0 Å². The third-order valence-corrected chi connectivity index (χ3v) is 3.98. The number of benzene rings is 2. The lowest BCUT2D eigenvalue weighted by molar-refractivity contribution is 0.118. The van der Waals surface area contributed by atoms with E-state index in [1.54, 1.807) is 0 Å². The second-order valence-electron chi connectivity index (χ2n) is 6.14. The van der Waals surface area contributed by atoms with Crippen LogP contribution in [0.4, 0.5) is 5.69 Å². The molecule has 0 fully saturated rings. The van der Waals surface area contributed by atoms with Crippen LogP contribution in [0.1, 0.15) is 36.6 Å². The second-order valence-corrected chi connectivity index (χ2v) is 6.14. The summed E-state index contributed by atoms with van der Waals surface area (Å²) in [5, 5.41) is 3.66. The van der Waals surface area contributed by atoms with Crippen LogP contribution in [0.5, 0.6) is 5.75 Å². The van der Waals surface area contributed by atoms with Crippen molar-refractivity contribution in [2.24, 2.45) is 0 Å². The molecule has 3 rings (SSSR count). The van der Waals surface area contributed by atoms with E-state index in [1.807, 2.05) is 12.1 Å². The molecular formula is C18H21NO. The highest BCUT2D eigenvalue weighted by atomic mass is 16.5. The van der Waals surface area contributed by atoms with Crippen LogP contribution in [0, 0.1) is 13.8 Å². The average Bonchev–Trinajstić information content (AvgIpc) is 2.63. The highest BCUT2D eigenvalue weighted by Gasteiger charge is 2.41. The molecule has 0 saturated heterocycles. The predicted molar refractivity (Wildman–Crippen MR) is 83.4 cm³/mol. The van der Waals surface area contributed by atoms with Crippen molar-refractivity contribution in [1.29, 1.82) is 0 Å². The van der Waals surface area contributed by atoms with Gasteiger partial charge in [-0.15, -0.1) is 0 Å². The summed E-state index contributed by atoms with van der Waals surface area (Å²) in [5.41, 5.74) is 4.72. The average molecular weight is 267 g/mol. The molecule has 1 atom stereocenters. The molecule has 1 unspecified atom stereocenters. The molecule has 2 aromatic rings. The van der Waals surface area contributed by atoms with Crippen molar-refractivity contribution in [3.05, 3.63) is 59.2 Å². The number of hydrogen-bond acceptors (Lipinski definition) is 2. The predicted octanol–water partition coefficient (Wildman–Crippen LogP) is 4.63. The van der Waals surface area contributed by atoms with Crippen LogP contribution < -0.4 is 10.1 Å². The number of nitrogens with one attached hydrogen (secondary N) is 1. The summed E-state index contributed by atoms with van der Waals surface area (Å²) < 4.78 is 6.08. The van der Waals surface area contributed by atoms with Crippen molar-refractivity contribution >= 4 is 5.69 Å². The SMILES string of the molecule is Cc1ccc(NC2c3ccccc3OC2(C)C)c(C)c1. The van der Waals surface area contributed by atoms with Gasteiger partial charge in [0, 0.05) is 11.3 Å². The van der Waals surface area contributed by atoms with Gasteiger partial charge in [-0.3, -0.25) is 0 Å². The minimum absolute atomic E-state index is 0.167. The molecule has 104 valence electrons. The Morgan fingerprint density at radius 2 is 1.80 bits per heavy atom. The molecule has 2 heteroatoms. The summed E-state index contributed by atoms with van der Waals surface area (Å²) in [4.78, 5) is 0. The molecular weight excluding hydrogens is 246 g/mol. The van der Waals surface area contributed by atoms with Crippen molar-refractivity contribution in [2.75, 3.05) is 5.32 Å². The fourth-order valence-corrected chi connectivity index (χ4v) is 2.91. The Morgan fingerprint density at radius 1 is 1.05 bits per heavy atom. The van der Waals surface area contributed by atoms with Crippen molar-refractivity contribution in [2.45, 2.75) is 39.3 Å². The molecule has 0 aromatic heterocycles. The minimum Gasteiger partial charge on any atom is -0.485 e. The van der Waals surface area contributed by atoms with Crippen LogP contribution in [-0.4, -0.2) is 5.60 Å². The summed E-state index contributed by atoms with van der Waals surface area (Å²) in [6.45, 7) is 8.53. The van der Waals surface area contributed by atoms with Gasteiger partial charge in [0.15, 0.2) is 0 Å². The van der Waals surface area contributed by atoms with Gasteiger partial charge >= 0.3 is 0 Å². The van der Waals surface area contributed by atoms with Crippen LogP contribution in [0.2, 0.25) is 0 Å². The summed E-state index contributed by atoms with van der Waals surface area (Å²) in [5.74, 6) is 0.986. The number of ether oxygens (including phenoxy) is 1. The third-order valence-electron chi connectivity index (χ3n) is 3.98. The van der Waals surface area contributed by atoms with E-state index in [0.29, 0.717) is 0 Å². The van der Waals surface area contributed by atoms with Gasteiger partial charge < -0.3 is 10.1 Å². The number of anilines is 1. The van der Waals surface area contributed by atoms with Gasteiger partial charge in [-0.25, -0.2) is 0 Å². The van der Waals surface area contributed by atoms with E-state index in [-0.39, 0.29) is 11.6 Å². The molecule has 1 aliphatic rings. The lowest BCUT2D eigenvalue weighted by Crippen LogP contribution is -2.34. The molecule has 0 amide bonds. The van der Waals surface area contributed by atoms with Crippen molar-refractivity contribution in [3.8, 4) is 5.75 Å². The number of aryl methyl sites for hydroxylation is 2. The van der Waals surface area contributed by atoms with E-state index in [4.69, 9.17) is 4.74 Å². The van der Waals surface area contributed by atoms with E-state index >= 15 is 0 Å². The highest BCUT2D eigenvalue weighted by molar-refractivity contribution is 5.56. The molecule has 0 spiro atoms. The standard InChI is InChI=1S/C18H21NO/c1-12-9-10-15(13(2)11-12)19-17-14-7-5-6-8-16(14)20-18(17,3)4/h5-11,17,19H,1-4H3. The number of rotatable bonds is 2. The number of para-hydroxylation sites is 1. The molecule has 0 radical (unpaired) electrons. The highest BCUT2D eigenvalue weighted by Crippen LogP contribution is 2.44. The molecule has 1 heterocycles. The zero-order valence-electron chi connectivity index (χ0n) is 12.5. The molecule has 1 N–H and O–H groups in total. The zero-order valence-corrected chi connectivity index (χ0v) is 12.5. The Labute approximate surface area is 120 Å². The van der Waals surface area contributed by atoms with Crippen LogP contribution in [0.3, 0.4) is 0 Å². The largest absolute Gasteiger partial charge is 0.485 e. The first-order valence-corrected chi connectivity index (χ1v) is 7.09. The topological polar surface area (TPSA) is 21.3 Å². The second kappa shape index (κ2) is 4.55. The first kappa shape index (κ1) is 13.0. The van der Waals surface area contributed by atoms with E-state index in [1.165, 1.54) is 22.4 Å². The summed E-state index contributed by atoms with van der Waals surface area (Å²) >= 11 is 0. The van der Waals surface area contributed by atoms with E-state index < -0.39 is 0 Å². The zero-order chi connectivity index (χ0) is 14.3. The fourth-order valence-electron chi connectivity index (χ4n) is 2.91. The Balaban J connectivity index is 1.97. The monoisotopic (exact) mass is 267 g/mol. The Morgan fingerprint density at radius 3 is 2.55 bits per heavy atom. The van der Waals surface area contributed by atoms with E-state index in [2.05, 4.69) is 63.3 Å². The summed E-state index contributed by atoms with van der Waals surface area (Å²) in [6, 6.07) is 14.9. The van der Waals surface area contributed by atoms with Crippen LogP contribution in [-0.2, 0) is 0 Å². The maximum Gasteiger partial charge on any atom is 0.128 e. The molecule has 2 nitrogen and oxygen atoms in total. The van der Waals surface area contributed by atoms with Gasteiger partial charge in [0.25, 0.3) is 0 Å². The first-order valence-electron chi connectivity index (χ1n) is 7.09. The van der Waals surface area contributed by atoms with Gasteiger partial charge in [-0.2, -0.15) is 0 Å². The Hall–Kier alpha value is -1.96. The third kappa shape index (κ3) is 2.15. The molecule has 0 aliphatic carbocycles. The minimum atomic E-state index is -0.249. The first-order chi connectivity index (χ1) is 9.47. The van der Waals surface area contributed by atoms with Crippen molar-refractivity contribution in [1.82, 2.24) is 0 Å². The lowest BCUT2D eigenvalue weighted by Gasteiger charge is -2.28. The normalized spacial score (nSPS) is 19.3. The molecule has 0 saturated carbocycles. The molecule has 0 bridgehead atoms. The van der Waals surface area contributed by atoms with E-state index in [0.717, 1.165) is 5.75 Å². The van der Waals surface area contributed by atoms with Gasteiger partial charge in [0.2, 0.25) is 0 Å². The van der Waals surface area contributed by atoms with Crippen LogP contribution in [0.15, 0.2) is 42.5 Å². The number of hydrogen-bond donors (Lipinski definition) is 1. The van der Waals surface area contributed by atoms with Crippen LogP contribution >= 0.6 is 0 Å². The Kier molecular flexibility index (Phi) is 2.97. The summed E-state index contributed by atoms with van der Waals surface area (Å²) in [7, 11) is 0. The fraction of sp³-hybridized carbons (Fsp3) is 0.333. The van der Waals surface area contributed by atoms with Crippen LogP contribution in [0.25, 0.3) is 0 Å². The maximum atomic E-state index is 6.08. The van der Waals surface area contributed by atoms with Gasteiger partial charge in [0.05, 0.1) is 6.04 Å². The lowest BCUT2D eigenvalue weighted by atomic mass is 9.94. The summed E-state index contributed by atoms with van der Waals surface area (Å²) in [6.07, 6.45) is 0. The smallest absolute Gasteiger partial charge is 0.128 e.